The van der Waals surface area contributed by atoms with E-state index in [1.54, 1.807) is 18.2 Å². The maximum absolute atomic E-state index is 9.60. The molecule has 0 N–H and O–H groups in total. The minimum atomic E-state index is -0.761. The monoisotopic (exact) mass is 661 g/mol. The fraction of sp³-hybridized carbons (Fsp3) is 0. The number of furan rings is 1. The topological polar surface area (TPSA) is 13.1 Å². The van der Waals surface area contributed by atoms with Crippen molar-refractivity contribution in [3.05, 3.63) is 182 Å². The Kier molecular flexibility index (Phi) is 3.70. The predicted octanol–water partition coefficient (Wildman–Crippen LogP) is 14.4. The van der Waals surface area contributed by atoms with Crippen LogP contribution in [0.5, 0.6) is 0 Å². The molecule has 51 heavy (non-hydrogen) atoms. The molecule has 0 fully saturated rings. The zero-order valence-corrected chi connectivity index (χ0v) is 26.6. The third kappa shape index (κ3) is 4.22. The normalized spacial score (nSPS) is 16.0. The van der Waals surface area contributed by atoms with Crippen LogP contribution in [0.25, 0.3) is 109 Å². The van der Waals surface area contributed by atoms with Crippen LogP contribution in [0.3, 0.4) is 0 Å². The van der Waals surface area contributed by atoms with Gasteiger partial charge in [-0.1, -0.05) is 151 Å². The highest BCUT2D eigenvalue weighted by atomic mass is 16.3. The molecule has 0 aliphatic rings. The zero-order chi connectivity index (χ0) is 46.5. The molecule has 10 aromatic carbocycles. The van der Waals surface area contributed by atoms with Crippen molar-refractivity contribution in [2.24, 2.45) is 0 Å². The van der Waals surface area contributed by atoms with Crippen LogP contribution in [0.1, 0.15) is 20.6 Å². The Morgan fingerprint density at radius 3 is 1.75 bits per heavy atom. The first-order chi connectivity index (χ1) is 31.5. The Bertz CT molecular complexity index is 3970. The van der Waals surface area contributed by atoms with E-state index in [0.29, 0.717) is 38.6 Å². The summed E-state index contributed by atoms with van der Waals surface area (Å²) in [5.74, 6) is 0. The Labute approximate surface area is 315 Å². The van der Waals surface area contributed by atoms with E-state index in [0.717, 1.165) is 21.5 Å². The van der Waals surface area contributed by atoms with Crippen molar-refractivity contribution in [3.8, 4) is 33.4 Å². The summed E-state index contributed by atoms with van der Waals surface area (Å²) in [6.45, 7) is 0. The standard InChI is InChI=1S/C50H30O/c1-4-16-36-31(12-1)15-11-23-39(36)48-40-19-7-9-21-42(40)49(43-22-10-8-20-41(43)48)45-29-35(28-34-14-3-5-17-37(34)45)33-24-26-44-47(30-33)51-46-27-25-32-13-2-6-18-38(32)50(44)46/h1-30H/i1D,4D,7D,8D,9D,10D,11D,12D,15D,16D,19D,20D,21D,22D,23D. The third-order valence-corrected chi connectivity index (χ3v) is 9.76. The molecule has 0 saturated heterocycles. The van der Waals surface area contributed by atoms with Gasteiger partial charge in [-0.2, -0.15) is 0 Å². The molecule has 0 aliphatic carbocycles. The fourth-order valence-corrected chi connectivity index (χ4v) is 7.55. The smallest absolute Gasteiger partial charge is 0.136 e. The number of rotatable bonds is 3. The van der Waals surface area contributed by atoms with Gasteiger partial charge in [0.25, 0.3) is 0 Å². The van der Waals surface area contributed by atoms with Gasteiger partial charge >= 0.3 is 0 Å². The summed E-state index contributed by atoms with van der Waals surface area (Å²) in [5, 5.41) is 3.37. The average molecular weight is 662 g/mol. The van der Waals surface area contributed by atoms with Gasteiger partial charge in [-0.3, -0.25) is 0 Å². The van der Waals surface area contributed by atoms with Crippen LogP contribution < -0.4 is 0 Å². The van der Waals surface area contributed by atoms with E-state index in [-0.39, 0.29) is 32.7 Å². The Morgan fingerprint density at radius 2 is 0.980 bits per heavy atom. The van der Waals surface area contributed by atoms with Crippen molar-refractivity contribution in [1.82, 2.24) is 0 Å². The minimum Gasteiger partial charge on any atom is -0.456 e. The lowest BCUT2D eigenvalue weighted by Crippen LogP contribution is -1.93. The van der Waals surface area contributed by atoms with E-state index in [4.69, 9.17) is 18.1 Å². The highest BCUT2D eigenvalue weighted by molar-refractivity contribution is 6.26. The number of fused-ring (bicyclic) bond motifs is 9. The Balaban J connectivity index is 1.35. The molecule has 11 rings (SSSR count). The van der Waals surface area contributed by atoms with Gasteiger partial charge < -0.3 is 4.42 Å². The quantitative estimate of drug-likeness (QED) is 0.172. The van der Waals surface area contributed by atoms with E-state index in [9.17, 15) is 6.85 Å². The van der Waals surface area contributed by atoms with E-state index >= 15 is 0 Å². The van der Waals surface area contributed by atoms with Crippen LogP contribution in [0.4, 0.5) is 0 Å². The molecule has 1 heteroatoms. The fourth-order valence-electron chi connectivity index (χ4n) is 7.55. The maximum Gasteiger partial charge on any atom is 0.136 e. The van der Waals surface area contributed by atoms with Crippen molar-refractivity contribution in [2.45, 2.75) is 0 Å². The highest BCUT2D eigenvalue weighted by Crippen LogP contribution is 2.47. The molecular formula is C50H30O. The van der Waals surface area contributed by atoms with E-state index in [2.05, 4.69) is 0 Å². The summed E-state index contributed by atoms with van der Waals surface area (Å²) in [7, 11) is 0. The summed E-state index contributed by atoms with van der Waals surface area (Å²) in [4.78, 5) is 0. The van der Waals surface area contributed by atoms with Crippen LogP contribution in [0, 0.1) is 0 Å². The van der Waals surface area contributed by atoms with Crippen molar-refractivity contribution in [3.63, 3.8) is 0 Å². The van der Waals surface area contributed by atoms with Crippen molar-refractivity contribution >= 4 is 75.8 Å². The van der Waals surface area contributed by atoms with Gasteiger partial charge in [0.2, 0.25) is 0 Å². The molecule has 0 bridgehead atoms. The van der Waals surface area contributed by atoms with Crippen molar-refractivity contribution in [2.75, 3.05) is 0 Å². The molecule has 236 valence electrons. The minimum absolute atomic E-state index is 0.0260. The first kappa shape index (κ1) is 17.3. The Hall–Kier alpha value is -6.70. The molecule has 0 saturated carbocycles. The molecule has 0 atom stereocenters. The van der Waals surface area contributed by atoms with Gasteiger partial charge in [0.15, 0.2) is 0 Å². The molecular weight excluding hydrogens is 617 g/mol. The van der Waals surface area contributed by atoms with Crippen LogP contribution >= 0.6 is 0 Å². The summed E-state index contributed by atoms with van der Waals surface area (Å²) in [5.41, 5.74) is 2.23. The molecule has 0 amide bonds. The molecule has 0 aliphatic heterocycles. The number of benzene rings is 10. The van der Waals surface area contributed by atoms with Crippen LogP contribution in [0.15, 0.2) is 186 Å². The number of hydrogen-bond donors (Lipinski definition) is 0. The first-order valence-electron chi connectivity index (χ1n) is 23.9. The van der Waals surface area contributed by atoms with Crippen molar-refractivity contribution < 1.29 is 25.0 Å². The molecule has 11 aromatic rings. The number of hydrogen-bond acceptors (Lipinski definition) is 1. The predicted molar refractivity (Wildman–Crippen MR) is 218 cm³/mol. The van der Waals surface area contributed by atoms with Gasteiger partial charge in [0, 0.05) is 10.8 Å². The molecule has 0 unspecified atom stereocenters. The lowest BCUT2D eigenvalue weighted by atomic mass is 9.83. The summed E-state index contributed by atoms with van der Waals surface area (Å²) in [6, 6.07) is 18.6. The summed E-state index contributed by atoms with van der Waals surface area (Å²) < 4.78 is 143. The SMILES string of the molecule is [2H]c1c([2H])c([2H])c2c(-c3c4c([2H])c([2H])c([2H])c([2H])c4c(-c4cc(-c5ccc6c(c5)oc5ccc7ccccc7c56)cc5ccccc45)c4c([2H])c([2H])c([2H])c([2H])c34)c([2H])c([2H])c([2H])c2c1[2H]. The maximum atomic E-state index is 9.60. The Morgan fingerprint density at radius 1 is 0.353 bits per heavy atom. The largest absolute Gasteiger partial charge is 0.456 e. The summed E-state index contributed by atoms with van der Waals surface area (Å²) >= 11 is 0. The lowest BCUT2D eigenvalue weighted by molar-refractivity contribution is 0.669. The van der Waals surface area contributed by atoms with E-state index in [1.165, 1.54) is 0 Å². The van der Waals surface area contributed by atoms with Gasteiger partial charge in [-0.25, -0.2) is 0 Å². The van der Waals surface area contributed by atoms with E-state index in [1.807, 2.05) is 72.8 Å². The second-order valence-corrected chi connectivity index (χ2v) is 12.5. The van der Waals surface area contributed by atoms with Crippen LogP contribution in [0.2, 0.25) is 0 Å². The first-order valence-corrected chi connectivity index (χ1v) is 16.4. The summed E-state index contributed by atoms with van der Waals surface area (Å²) in [6.07, 6.45) is 0. The van der Waals surface area contributed by atoms with Crippen molar-refractivity contribution in [1.29, 1.82) is 0 Å². The molecule has 0 spiro atoms. The zero-order valence-electron chi connectivity index (χ0n) is 41.6. The second kappa shape index (κ2) is 10.9. The van der Waals surface area contributed by atoms with Crippen LogP contribution in [-0.4, -0.2) is 0 Å². The molecule has 1 aromatic heterocycles. The average Bonchev–Trinajstić information content (AvgIpc) is 3.71. The van der Waals surface area contributed by atoms with E-state index < -0.39 is 107 Å². The van der Waals surface area contributed by atoms with Gasteiger partial charge in [-0.05, 0) is 118 Å². The van der Waals surface area contributed by atoms with Gasteiger partial charge in [0.05, 0.1) is 20.6 Å². The highest BCUT2D eigenvalue weighted by Gasteiger charge is 2.20. The second-order valence-electron chi connectivity index (χ2n) is 12.5. The lowest BCUT2D eigenvalue weighted by Gasteiger charge is -2.20. The molecule has 0 radical (unpaired) electrons. The van der Waals surface area contributed by atoms with Gasteiger partial charge in [-0.15, -0.1) is 0 Å². The van der Waals surface area contributed by atoms with Crippen LogP contribution in [-0.2, 0) is 0 Å². The third-order valence-electron chi connectivity index (χ3n) is 9.76. The molecule has 1 nitrogen and oxygen atoms in total. The van der Waals surface area contributed by atoms with Gasteiger partial charge in [0.1, 0.15) is 11.2 Å². The molecule has 1 heterocycles.